The van der Waals surface area contributed by atoms with E-state index in [9.17, 15) is 0 Å². The summed E-state index contributed by atoms with van der Waals surface area (Å²) in [5, 5.41) is 3.25. The van der Waals surface area contributed by atoms with Crippen LogP contribution >= 0.6 is 0 Å². The lowest BCUT2D eigenvalue weighted by molar-refractivity contribution is 0.578. The summed E-state index contributed by atoms with van der Waals surface area (Å²) in [7, 11) is 1.99. The summed E-state index contributed by atoms with van der Waals surface area (Å²) in [4.78, 5) is 2.49. The first-order valence-electron chi connectivity index (χ1n) is 5.84. The van der Waals surface area contributed by atoms with Crippen molar-refractivity contribution in [3.8, 4) is 0 Å². The quantitative estimate of drug-likeness (QED) is 0.796. The summed E-state index contributed by atoms with van der Waals surface area (Å²) in [6.45, 7) is 4.57. The van der Waals surface area contributed by atoms with Crippen LogP contribution in [-0.2, 0) is 0 Å². The van der Waals surface area contributed by atoms with Crippen molar-refractivity contribution in [3.05, 3.63) is 23.8 Å². The Morgan fingerprint density at radius 2 is 1.87 bits per heavy atom. The topological polar surface area (TPSA) is 15.3 Å². The molecule has 1 N–H and O–H groups in total. The lowest BCUT2D eigenvalue weighted by Crippen LogP contribution is -2.29. The van der Waals surface area contributed by atoms with Gasteiger partial charge in [0.05, 0.1) is 0 Å². The van der Waals surface area contributed by atoms with Crippen molar-refractivity contribution >= 4 is 11.4 Å². The second kappa shape index (κ2) is 4.56. The van der Waals surface area contributed by atoms with Crippen LogP contribution in [0.3, 0.4) is 0 Å². The first kappa shape index (κ1) is 10.3. The molecule has 1 aromatic carbocycles. The van der Waals surface area contributed by atoms with Crippen molar-refractivity contribution in [2.75, 3.05) is 30.4 Å². The number of nitrogens with zero attached hydrogens (tertiary/aromatic N) is 1. The van der Waals surface area contributed by atoms with Gasteiger partial charge in [0.15, 0.2) is 0 Å². The highest BCUT2D eigenvalue weighted by molar-refractivity contribution is 5.62. The minimum atomic E-state index is 1.21. The highest BCUT2D eigenvalue weighted by Gasteiger charge is 2.11. The molecule has 0 bridgehead atoms. The Kier molecular flexibility index (Phi) is 3.14. The number of hydrogen-bond acceptors (Lipinski definition) is 2. The number of nitrogens with one attached hydrogen (secondary N) is 1. The highest BCUT2D eigenvalue weighted by Crippen LogP contribution is 2.25. The van der Waals surface area contributed by atoms with Gasteiger partial charge in [-0.1, -0.05) is 6.07 Å². The van der Waals surface area contributed by atoms with Gasteiger partial charge in [-0.15, -0.1) is 0 Å². The van der Waals surface area contributed by atoms with E-state index in [1.165, 1.54) is 49.3 Å². The predicted molar refractivity (Wildman–Crippen MR) is 66.8 cm³/mol. The fourth-order valence-corrected chi connectivity index (χ4v) is 2.23. The fourth-order valence-electron chi connectivity index (χ4n) is 2.23. The maximum Gasteiger partial charge on any atom is 0.0388 e. The van der Waals surface area contributed by atoms with Gasteiger partial charge in [0, 0.05) is 31.5 Å². The zero-order valence-corrected chi connectivity index (χ0v) is 9.71. The van der Waals surface area contributed by atoms with E-state index in [1.807, 2.05) is 7.05 Å². The highest BCUT2D eigenvalue weighted by atomic mass is 15.1. The van der Waals surface area contributed by atoms with Gasteiger partial charge >= 0.3 is 0 Å². The lowest BCUT2D eigenvalue weighted by atomic mass is 10.1. The van der Waals surface area contributed by atoms with Crippen LogP contribution in [0, 0.1) is 6.92 Å². The van der Waals surface area contributed by atoms with Crippen LogP contribution < -0.4 is 10.2 Å². The van der Waals surface area contributed by atoms with E-state index >= 15 is 0 Å². The minimum absolute atomic E-state index is 1.21. The third kappa shape index (κ3) is 2.25. The van der Waals surface area contributed by atoms with Crippen molar-refractivity contribution in [1.29, 1.82) is 0 Å². The van der Waals surface area contributed by atoms with E-state index in [2.05, 4.69) is 35.3 Å². The Morgan fingerprint density at radius 1 is 1.13 bits per heavy atom. The van der Waals surface area contributed by atoms with Gasteiger partial charge in [-0.2, -0.15) is 0 Å². The molecule has 0 unspecified atom stereocenters. The first-order chi connectivity index (χ1) is 7.31. The first-order valence-corrected chi connectivity index (χ1v) is 5.84. The second-order valence-electron chi connectivity index (χ2n) is 4.30. The van der Waals surface area contributed by atoms with Gasteiger partial charge in [0.1, 0.15) is 0 Å². The van der Waals surface area contributed by atoms with Gasteiger partial charge in [-0.05, 0) is 43.9 Å². The average molecular weight is 204 g/mol. The molecule has 1 aliphatic rings. The van der Waals surface area contributed by atoms with E-state index < -0.39 is 0 Å². The summed E-state index contributed by atoms with van der Waals surface area (Å²) in [6, 6.07) is 6.71. The average Bonchev–Trinajstić information content (AvgIpc) is 2.31. The van der Waals surface area contributed by atoms with Crippen LogP contribution in [0.1, 0.15) is 24.8 Å². The molecule has 0 aliphatic carbocycles. The Bertz CT molecular complexity index is 327. The fraction of sp³-hybridized carbons (Fsp3) is 0.538. The van der Waals surface area contributed by atoms with Crippen LogP contribution in [0.5, 0.6) is 0 Å². The van der Waals surface area contributed by atoms with Crippen molar-refractivity contribution in [1.82, 2.24) is 0 Å². The number of hydrogen-bond donors (Lipinski definition) is 1. The molecule has 15 heavy (non-hydrogen) atoms. The molecular formula is C13H20N2. The van der Waals surface area contributed by atoms with Crippen LogP contribution in [-0.4, -0.2) is 20.1 Å². The van der Waals surface area contributed by atoms with E-state index in [0.29, 0.717) is 0 Å². The number of aryl methyl sites for hydroxylation is 1. The Labute approximate surface area is 92.3 Å². The molecule has 2 nitrogen and oxygen atoms in total. The largest absolute Gasteiger partial charge is 0.388 e. The van der Waals surface area contributed by atoms with Crippen LogP contribution in [0.2, 0.25) is 0 Å². The molecule has 1 saturated heterocycles. The molecule has 0 atom stereocenters. The van der Waals surface area contributed by atoms with Crippen molar-refractivity contribution in [2.45, 2.75) is 26.2 Å². The SMILES string of the molecule is CNc1cc(N2CCCCC2)ccc1C. The molecule has 1 aliphatic heterocycles. The molecular weight excluding hydrogens is 184 g/mol. The second-order valence-corrected chi connectivity index (χ2v) is 4.30. The molecule has 0 saturated carbocycles. The zero-order chi connectivity index (χ0) is 10.7. The third-order valence-corrected chi connectivity index (χ3v) is 3.21. The van der Waals surface area contributed by atoms with Gasteiger partial charge in [-0.25, -0.2) is 0 Å². The van der Waals surface area contributed by atoms with Crippen molar-refractivity contribution in [3.63, 3.8) is 0 Å². The van der Waals surface area contributed by atoms with E-state index in [1.54, 1.807) is 0 Å². The van der Waals surface area contributed by atoms with Crippen molar-refractivity contribution in [2.24, 2.45) is 0 Å². The molecule has 1 heterocycles. The number of anilines is 2. The van der Waals surface area contributed by atoms with Gasteiger partial charge in [0.25, 0.3) is 0 Å². The van der Waals surface area contributed by atoms with Gasteiger partial charge < -0.3 is 10.2 Å². The summed E-state index contributed by atoms with van der Waals surface area (Å²) in [5.74, 6) is 0. The van der Waals surface area contributed by atoms with Gasteiger partial charge in [0.2, 0.25) is 0 Å². The molecule has 2 rings (SSSR count). The maximum atomic E-state index is 3.25. The minimum Gasteiger partial charge on any atom is -0.388 e. The number of piperidine rings is 1. The van der Waals surface area contributed by atoms with Crippen LogP contribution in [0.25, 0.3) is 0 Å². The Balaban J connectivity index is 2.20. The number of rotatable bonds is 2. The molecule has 1 fully saturated rings. The Hall–Kier alpha value is -1.18. The zero-order valence-electron chi connectivity index (χ0n) is 9.71. The van der Waals surface area contributed by atoms with Crippen molar-refractivity contribution < 1.29 is 0 Å². The van der Waals surface area contributed by atoms with E-state index in [0.717, 1.165) is 0 Å². The normalized spacial score (nSPS) is 16.5. The summed E-state index contributed by atoms with van der Waals surface area (Å²) >= 11 is 0. The van der Waals surface area contributed by atoms with E-state index in [4.69, 9.17) is 0 Å². The lowest BCUT2D eigenvalue weighted by Gasteiger charge is -2.29. The number of benzene rings is 1. The summed E-state index contributed by atoms with van der Waals surface area (Å²) in [6.07, 6.45) is 4.06. The molecule has 0 radical (unpaired) electrons. The van der Waals surface area contributed by atoms with Crippen LogP contribution in [0.4, 0.5) is 11.4 Å². The Morgan fingerprint density at radius 3 is 2.53 bits per heavy atom. The smallest absolute Gasteiger partial charge is 0.0388 e. The molecule has 0 spiro atoms. The van der Waals surface area contributed by atoms with E-state index in [-0.39, 0.29) is 0 Å². The standard InChI is InChI=1S/C13H20N2/c1-11-6-7-12(10-13(11)14-2)15-8-4-3-5-9-15/h6-7,10,14H,3-5,8-9H2,1-2H3. The molecule has 1 aromatic rings. The third-order valence-electron chi connectivity index (χ3n) is 3.21. The molecule has 0 aromatic heterocycles. The summed E-state index contributed by atoms with van der Waals surface area (Å²) < 4.78 is 0. The molecule has 82 valence electrons. The summed E-state index contributed by atoms with van der Waals surface area (Å²) in [5.41, 5.74) is 3.93. The molecule has 0 amide bonds. The molecule has 2 heteroatoms. The van der Waals surface area contributed by atoms with Crippen LogP contribution in [0.15, 0.2) is 18.2 Å². The van der Waals surface area contributed by atoms with Gasteiger partial charge in [-0.3, -0.25) is 0 Å². The monoisotopic (exact) mass is 204 g/mol. The predicted octanol–water partition coefficient (Wildman–Crippen LogP) is 3.03. The maximum absolute atomic E-state index is 3.25.